The van der Waals surface area contributed by atoms with E-state index >= 15 is 0 Å². The van der Waals surface area contributed by atoms with E-state index in [-0.39, 0.29) is 16.6 Å². The summed E-state index contributed by atoms with van der Waals surface area (Å²) in [6, 6.07) is 10.7. The highest BCUT2D eigenvalue weighted by atomic mass is 32.2. The molecule has 0 unspecified atom stereocenters. The second-order valence-electron chi connectivity index (χ2n) is 8.90. The number of carbonyl (C=O) groups excluding carboxylic acids is 1. The summed E-state index contributed by atoms with van der Waals surface area (Å²) in [5.41, 5.74) is 1.25. The number of nitrogens with zero attached hydrogens (tertiary/aromatic N) is 4. The zero-order chi connectivity index (χ0) is 25.7. The molecule has 2 aromatic carbocycles. The Morgan fingerprint density at radius 1 is 1.14 bits per heavy atom. The van der Waals surface area contributed by atoms with Crippen LogP contribution in [0.2, 0.25) is 0 Å². The third kappa shape index (κ3) is 6.20. The second-order valence-corrected chi connectivity index (χ2v) is 12.0. The molecule has 3 aromatic rings. The molecule has 8 nitrogen and oxygen atoms in total. The summed E-state index contributed by atoms with van der Waals surface area (Å²) in [6.07, 6.45) is 1.72. The molecule has 2 heterocycles. The number of benzene rings is 2. The summed E-state index contributed by atoms with van der Waals surface area (Å²) in [4.78, 5) is 21.9. The molecule has 36 heavy (non-hydrogen) atoms. The molecule has 1 aliphatic rings. The largest absolute Gasteiger partial charge is 0.351 e. The molecule has 0 radical (unpaired) electrons. The van der Waals surface area contributed by atoms with Gasteiger partial charge in [0.05, 0.1) is 15.1 Å². The first-order valence-electron chi connectivity index (χ1n) is 12.2. The average Bonchev–Trinajstić information content (AvgIpc) is 3.30. The van der Waals surface area contributed by atoms with Crippen molar-refractivity contribution in [1.82, 2.24) is 19.5 Å². The van der Waals surface area contributed by atoms with Crippen LogP contribution in [0.5, 0.6) is 0 Å². The molecule has 1 fully saturated rings. The van der Waals surface area contributed by atoms with E-state index in [0.29, 0.717) is 18.7 Å². The maximum Gasteiger partial charge on any atom is 0.251 e. The van der Waals surface area contributed by atoms with E-state index in [9.17, 15) is 17.6 Å². The first-order chi connectivity index (χ1) is 17.3. The van der Waals surface area contributed by atoms with Crippen LogP contribution >= 0.6 is 11.3 Å². The molecule has 0 atom stereocenters. The monoisotopic (exact) mass is 533 g/mol. The summed E-state index contributed by atoms with van der Waals surface area (Å²) < 4.78 is 40.9. The van der Waals surface area contributed by atoms with Gasteiger partial charge in [-0.05, 0) is 48.9 Å². The SMILES string of the molecule is CCCCN(C)S(=O)(=O)c1ccc(C(=O)NCCN2CCN(c3nc4ccc(F)cc4s3)CC2)cc1. The summed E-state index contributed by atoms with van der Waals surface area (Å²) in [7, 11) is -1.97. The Balaban J connectivity index is 1.22. The number of halogens is 1. The number of hydrogen-bond acceptors (Lipinski definition) is 7. The minimum atomic E-state index is -3.55. The zero-order valence-corrected chi connectivity index (χ0v) is 22.2. The number of thiazole rings is 1. The number of hydrogen-bond donors (Lipinski definition) is 1. The van der Waals surface area contributed by atoms with Crippen LogP contribution in [0.15, 0.2) is 47.4 Å². The van der Waals surface area contributed by atoms with Gasteiger partial charge in [0.15, 0.2) is 5.13 Å². The molecule has 1 aliphatic heterocycles. The molecule has 1 N–H and O–H groups in total. The van der Waals surface area contributed by atoms with Crippen LogP contribution in [-0.4, -0.2) is 81.4 Å². The van der Waals surface area contributed by atoms with Gasteiger partial charge in [0, 0.05) is 58.4 Å². The van der Waals surface area contributed by atoms with Crippen LogP contribution in [0.3, 0.4) is 0 Å². The van der Waals surface area contributed by atoms with Gasteiger partial charge in [-0.1, -0.05) is 24.7 Å². The predicted molar refractivity (Wildman–Crippen MR) is 142 cm³/mol. The average molecular weight is 534 g/mol. The lowest BCUT2D eigenvalue weighted by Crippen LogP contribution is -2.48. The fourth-order valence-electron chi connectivity index (χ4n) is 4.07. The molecule has 0 saturated carbocycles. The first-order valence-corrected chi connectivity index (χ1v) is 14.4. The quantitative estimate of drug-likeness (QED) is 0.430. The van der Waals surface area contributed by atoms with E-state index in [0.717, 1.165) is 60.9 Å². The van der Waals surface area contributed by atoms with Crippen molar-refractivity contribution in [2.24, 2.45) is 0 Å². The van der Waals surface area contributed by atoms with Crippen molar-refractivity contribution in [1.29, 1.82) is 0 Å². The summed E-state index contributed by atoms with van der Waals surface area (Å²) in [5.74, 6) is -0.473. The Labute approximate surface area is 215 Å². The molecule has 1 amide bonds. The van der Waals surface area contributed by atoms with Crippen LogP contribution < -0.4 is 10.2 Å². The Hall–Kier alpha value is -2.60. The number of nitrogens with one attached hydrogen (secondary N) is 1. The van der Waals surface area contributed by atoms with Crippen molar-refractivity contribution in [3.05, 3.63) is 53.8 Å². The van der Waals surface area contributed by atoms with E-state index in [1.807, 2.05) is 6.92 Å². The van der Waals surface area contributed by atoms with Crippen LogP contribution in [-0.2, 0) is 10.0 Å². The highest BCUT2D eigenvalue weighted by molar-refractivity contribution is 7.89. The molecule has 0 spiro atoms. The van der Waals surface area contributed by atoms with Gasteiger partial charge in [0.25, 0.3) is 5.91 Å². The Morgan fingerprint density at radius 2 is 1.86 bits per heavy atom. The van der Waals surface area contributed by atoms with Gasteiger partial charge in [-0.2, -0.15) is 0 Å². The smallest absolute Gasteiger partial charge is 0.251 e. The molecule has 0 aliphatic carbocycles. The summed E-state index contributed by atoms with van der Waals surface area (Å²) in [5, 5.41) is 3.83. The van der Waals surface area contributed by atoms with Crippen LogP contribution in [0.4, 0.5) is 9.52 Å². The molecule has 1 aromatic heterocycles. The standard InChI is InChI=1S/C25H32FN5O3S2/c1-3-4-12-29(2)36(33,34)21-8-5-19(6-9-21)24(32)27-11-13-30-14-16-31(17-15-30)25-28-22-10-7-20(26)18-23(22)35-25/h5-10,18H,3-4,11-17H2,1-2H3,(H,27,32). The number of sulfonamides is 1. The Bertz CT molecular complexity index is 1290. The molecular weight excluding hydrogens is 501 g/mol. The van der Waals surface area contributed by atoms with Gasteiger partial charge < -0.3 is 10.2 Å². The van der Waals surface area contributed by atoms with Crippen molar-refractivity contribution in [3.63, 3.8) is 0 Å². The maximum absolute atomic E-state index is 13.5. The van der Waals surface area contributed by atoms with Crippen LogP contribution in [0.1, 0.15) is 30.1 Å². The van der Waals surface area contributed by atoms with Crippen molar-refractivity contribution in [2.75, 3.05) is 57.8 Å². The number of unbranched alkanes of at least 4 members (excludes halogenated alkanes) is 1. The van der Waals surface area contributed by atoms with Gasteiger partial charge in [0.1, 0.15) is 5.82 Å². The molecule has 4 rings (SSSR count). The predicted octanol–water partition coefficient (Wildman–Crippen LogP) is 3.41. The lowest BCUT2D eigenvalue weighted by atomic mass is 10.2. The fourth-order valence-corrected chi connectivity index (χ4v) is 6.32. The lowest BCUT2D eigenvalue weighted by molar-refractivity contribution is 0.0947. The summed E-state index contributed by atoms with van der Waals surface area (Å²) in [6.45, 7) is 7.03. The molecule has 1 saturated heterocycles. The highest BCUT2D eigenvalue weighted by Crippen LogP contribution is 2.29. The normalized spacial score (nSPS) is 15.1. The van der Waals surface area contributed by atoms with E-state index in [1.54, 1.807) is 25.2 Å². The third-order valence-corrected chi connectivity index (χ3v) is 9.30. The second kappa shape index (κ2) is 11.6. The maximum atomic E-state index is 13.5. The molecule has 11 heteroatoms. The topological polar surface area (TPSA) is 85.8 Å². The number of piperazine rings is 1. The van der Waals surface area contributed by atoms with E-state index in [1.165, 1.54) is 39.9 Å². The van der Waals surface area contributed by atoms with Crippen molar-refractivity contribution < 1.29 is 17.6 Å². The van der Waals surface area contributed by atoms with E-state index in [2.05, 4.69) is 20.1 Å². The number of aromatic nitrogens is 1. The zero-order valence-electron chi connectivity index (χ0n) is 20.6. The fraction of sp³-hybridized carbons (Fsp3) is 0.440. The number of carbonyl (C=O) groups is 1. The van der Waals surface area contributed by atoms with Gasteiger partial charge >= 0.3 is 0 Å². The molecular formula is C25H32FN5O3S2. The van der Waals surface area contributed by atoms with Gasteiger partial charge in [-0.15, -0.1) is 0 Å². The Kier molecular flexibility index (Phi) is 8.55. The Morgan fingerprint density at radius 3 is 2.56 bits per heavy atom. The number of fused-ring (bicyclic) bond motifs is 1. The highest BCUT2D eigenvalue weighted by Gasteiger charge is 2.22. The number of anilines is 1. The third-order valence-electron chi connectivity index (χ3n) is 6.35. The van der Waals surface area contributed by atoms with E-state index < -0.39 is 10.0 Å². The van der Waals surface area contributed by atoms with Crippen molar-refractivity contribution in [3.8, 4) is 0 Å². The summed E-state index contributed by atoms with van der Waals surface area (Å²) >= 11 is 1.50. The van der Waals surface area contributed by atoms with Crippen LogP contribution in [0.25, 0.3) is 10.2 Å². The van der Waals surface area contributed by atoms with Crippen molar-refractivity contribution in [2.45, 2.75) is 24.7 Å². The number of rotatable bonds is 10. The number of amides is 1. The van der Waals surface area contributed by atoms with Crippen molar-refractivity contribution >= 4 is 42.6 Å². The van der Waals surface area contributed by atoms with Crippen LogP contribution in [0, 0.1) is 5.82 Å². The molecule has 194 valence electrons. The first kappa shape index (κ1) is 26.5. The molecule has 0 bridgehead atoms. The van der Waals surface area contributed by atoms with Gasteiger partial charge in [0.2, 0.25) is 10.0 Å². The van der Waals surface area contributed by atoms with Gasteiger partial charge in [-0.25, -0.2) is 22.1 Å². The minimum Gasteiger partial charge on any atom is -0.351 e. The lowest BCUT2D eigenvalue weighted by Gasteiger charge is -2.34. The van der Waals surface area contributed by atoms with Gasteiger partial charge in [-0.3, -0.25) is 9.69 Å². The van der Waals surface area contributed by atoms with E-state index in [4.69, 9.17) is 0 Å². The minimum absolute atomic E-state index is 0.189.